The van der Waals surface area contributed by atoms with Crippen LogP contribution in [0.15, 0.2) is 54.9 Å². The van der Waals surface area contributed by atoms with Crippen LogP contribution >= 0.6 is 0 Å². The molecular formula is C24H30N6O4S. The van der Waals surface area contributed by atoms with Crippen LogP contribution in [0, 0.1) is 0 Å². The average Bonchev–Trinajstić information content (AvgIpc) is 2.83. The standard InChI is InChI=1S/C24H30N6O4S/c1-16(15-31)27-21-13-20(24(2,3)35(4,33)34)29-22(30-21)18-5-7-19(8-6-18)28-23(32)26-14-17-9-11-25-12-10-17/h5-13,16,31H,14-15H2,1-4H3,(H2,26,28,32)(H,27,29,30)/t16-/m0/s1. The van der Waals surface area contributed by atoms with Crippen LogP contribution < -0.4 is 16.0 Å². The van der Waals surface area contributed by atoms with Gasteiger partial charge in [-0.2, -0.15) is 0 Å². The molecule has 35 heavy (non-hydrogen) atoms. The quantitative estimate of drug-likeness (QED) is 0.352. The Morgan fingerprint density at radius 1 is 1.09 bits per heavy atom. The number of aliphatic hydroxyl groups is 1. The molecule has 1 aromatic carbocycles. The summed E-state index contributed by atoms with van der Waals surface area (Å²) >= 11 is 0. The summed E-state index contributed by atoms with van der Waals surface area (Å²) in [7, 11) is -3.48. The summed E-state index contributed by atoms with van der Waals surface area (Å²) in [6.07, 6.45) is 4.48. The number of urea groups is 1. The van der Waals surface area contributed by atoms with E-state index in [1.807, 2.05) is 12.1 Å². The van der Waals surface area contributed by atoms with Crippen molar-refractivity contribution < 1.29 is 18.3 Å². The molecule has 0 aliphatic heterocycles. The molecule has 4 N–H and O–H groups in total. The van der Waals surface area contributed by atoms with E-state index in [9.17, 15) is 18.3 Å². The van der Waals surface area contributed by atoms with E-state index in [1.54, 1.807) is 63.5 Å². The van der Waals surface area contributed by atoms with Gasteiger partial charge in [-0.05, 0) is 62.7 Å². The Morgan fingerprint density at radius 2 is 1.74 bits per heavy atom. The van der Waals surface area contributed by atoms with Gasteiger partial charge >= 0.3 is 6.03 Å². The number of amides is 2. The molecule has 2 heterocycles. The van der Waals surface area contributed by atoms with E-state index < -0.39 is 14.6 Å². The van der Waals surface area contributed by atoms with E-state index in [2.05, 4.69) is 30.9 Å². The molecule has 0 saturated carbocycles. The molecule has 0 aliphatic rings. The molecule has 1 atom stereocenters. The first-order valence-corrected chi connectivity index (χ1v) is 12.9. The second kappa shape index (κ2) is 10.8. The van der Waals surface area contributed by atoms with Gasteiger partial charge in [0.2, 0.25) is 0 Å². The Balaban J connectivity index is 1.82. The second-order valence-corrected chi connectivity index (χ2v) is 11.3. The normalized spacial score (nSPS) is 12.6. The van der Waals surface area contributed by atoms with Crippen molar-refractivity contribution >= 4 is 27.4 Å². The lowest BCUT2D eigenvalue weighted by Gasteiger charge is -2.23. The van der Waals surface area contributed by atoms with Crippen molar-refractivity contribution in [3.05, 3.63) is 66.1 Å². The van der Waals surface area contributed by atoms with Gasteiger partial charge in [0.15, 0.2) is 15.7 Å². The summed E-state index contributed by atoms with van der Waals surface area (Å²) in [4.78, 5) is 25.2. The molecule has 0 unspecified atom stereocenters. The lowest BCUT2D eigenvalue weighted by molar-refractivity contribution is 0.251. The number of carbonyl (C=O) groups excluding carboxylic acids is 1. The SMILES string of the molecule is C[C@@H](CO)Nc1cc(C(C)(C)S(C)(=O)=O)nc(-c2ccc(NC(=O)NCc3ccncc3)cc2)n1. The largest absolute Gasteiger partial charge is 0.394 e. The predicted molar refractivity (Wildman–Crippen MR) is 136 cm³/mol. The number of anilines is 2. The van der Waals surface area contributed by atoms with Gasteiger partial charge < -0.3 is 21.1 Å². The minimum atomic E-state index is -3.48. The Hall–Kier alpha value is -3.57. The molecule has 0 radical (unpaired) electrons. The Morgan fingerprint density at radius 3 is 2.34 bits per heavy atom. The maximum atomic E-state index is 12.4. The van der Waals surface area contributed by atoms with Crippen molar-refractivity contribution in [2.45, 2.75) is 38.1 Å². The van der Waals surface area contributed by atoms with Gasteiger partial charge in [0.25, 0.3) is 0 Å². The van der Waals surface area contributed by atoms with Crippen molar-refractivity contribution in [3.63, 3.8) is 0 Å². The molecule has 11 heteroatoms. The molecule has 10 nitrogen and oxygen atoms in total. The van der Waals surface area contributed by atoms with E-state index in [4.69, 9.17) is 0 Å². The molecule has 0 spiro atoms. The first-order chi connectivity index (χ1) is 16.5. The highest BCUT2D eigenvalue weighted by Gasteiger charge is 2.35. The number of carbonyl (C=O) groups is 1. The highest BCUT2D eigenvalue weighted by molar-refractivity contribution is 7.91. The fourth-order valence-corrected chi connectivity index (χ4v) is 3.49. The number of aromatic nitrogens is 3. The van der Waals surface area contributed by atoms with Crippen molar-refractivity contribution in [3.8, 4) is 11.4 Å². The van der Waals surface area contributed by atoms with Gasteiger partial charge in [0.05, 0.1) is 12.3 Å². The number of aliphatic hydroxyl groups excluding tert-OH is 1. The van der Waals surface area contributed by atoms with Crippen molar-refractivity contribution in [1.29, 1.82) is 0 Å². The van der Waals surface area contributed by atoms with Gasteiger partial charge in [-0.3, -0.25) is 4.98 Å². The molecule has 0 saturated heterocycles. The van der Waals surface area contributed by atoms with E-state index in [-0.39, 0.29) is 18.7 Å². The first-order valence-electron chi connectivity index (χ1n) is 11.0. The third-order valence-electron chi connectivity index (χ3n) is 5.54. The van der Waals surface area contributed by atoms with Gasteiger partial charge in [-0.25, -0.2) is 23.2 Å². The lowest BCUT2D eigenvalue weighted by Crippen LogP contribution is -2.30. The van der Waals surface area contributed by atoms with Crippen LogP contribution in [-0.4, -0.2) is 53.4 Å². The minimum absolute atomic E-state index is 0.117. The van der Waals surface area contributed by atoms with Crippen LogP contribution in [0.1, 0.15) is 32.0 Å². The fourth-order valence-electron chi connectivity index (χ4n) is 3.01. The zero-order valence-corrected chi connectivity index (χ0v) is 20.9. The van der Waals surface area contributed by atoms with E-state index >= 15 is 0 Å². The van der Waals surface area contributed by atoms with Crippen LogP contribution in [0.4, 0.5) is 16.3 Å². The molecule has 2 aromatic heterocycles. The predicted octanol–water partition coefficient (Wildman–Crippen LogP) is 2.93. The maximum Gasteiger partial charge on any atom is 0.319 e. The topological polar surface area (TPSA) is 146 Å². The number of benzene rings is 1. The van der Waals surface area contributed by atoms with Crippen LogP contribution in [0.2, 0.25) is 0 Å². The zero-order chi connectivity index (χ0) is 25.6. The summed E-state index contributed by atoms with van der Waals surface area (Å²) in [6, 6.07) is 11.5. The van der Waals surface area contributed by atoms with Crippen molar-refractivity contribution in [1.82, 2.24) is 20.3 Å². The maximum absolute atomic E-state index is 12.4. The summed E-state index contributed by atoms with van der Waals surface area (Å²) < 4.78 is 23.6. The monoisotopic (exact) mass is 498 g/mol. The van der Waals surface area contributed by atoms with E-state index in [1.165, 1.54) is 6.26 Å². The third kappa shape index (κ3) is 6.74. The van der Waals surface area contributed by atoms with E-state index in [0.29, 0.717) is 35.1 Å². The number of nitrogens with one attached hydrogen (secondary N) is 3. The molecule has 2 amide bonds. The molecule has 186 valence electrons. The first kappa shape index (κ1) is 26.0. The summed E-state index contributed by atoms with van der Waals surface area (Å²) in [5, 5.41) is 18.0. The summed E-state index contributed by atoms with van der Waals surface area (Å²) in [5.41, 5.74) is 2.47. The van der Waals surface area contributed by atoms with Crippen molar-refractivity contribution in [2.75, 3.05) is 23.5 Å². The Bertz CT molecular complexity index is 1260. The summed E-state index contributed by atoms with van der Waals surface area (Å²) in [5.74, 6) is 0.724. The highest BCUT2D eigenvalue weighted by Crippen LogP contribution is 2.31. The molecule has 0 fully saturated rings. The van der Waals surface area contributed by atoms with Gasteiger partial charge in [-0.15, -0.1) is 0 Å². The lowest BCUT2D eigenvalue weighted by atomic mass is 10.1. The molecule has 0 aliphatic carbocycles. The molecule has 3 aromatic rings. The number of hydrogen-bond donors (Lipinski definition) is 4. The van der Waals surface area contributed by atoms with Gasteiger partial charge in [-0.1, -0.05) is 0 Å². The summed E-state index contributed by atoms with van der Waals surface area (Å²) in [6.45, 7) is 5.21. The van der Waals surface area contributed by atoms with Gasteiger partial charge in [0.1, 0.15) is 10.6 Å². The molecular weight excluding hydrogens is 468 g/mol. The van der Waals surface area contributed by atoms with Crippen LogP contribution in [0.3, 0.4) is 0 Å². The van der Waals surface area contributed by atoms with Crippen LogP contribution in [0.25, 0.3) is 11.4 Å². The number of nitrogens with zero attached hydrogens (tertiary/aromatic N) is 3. The van der Waals surface area contributed by atoms with Crippen LogP contribution in [0.5, 0.6) is 0 Å². The van der Waals surface area contributed by atoms with E-state index in [0.717, 1.165) is 5.56 Å². The Kier molecular flexibility index (Phi) is 8.03. The third-order valence-corrected chi connectivity index (χ3v) is 7.60. The van der Waals surface area contributed by atoms with Gasteiger partial charge in [0, 0.05) is 48.6 Å². The molecule has 0 bridgehead atoms. The van der Waals surface area contributed by atoms with Crippen LogP contribution in [-0.2, 0) is 21.1 Å². The number of pyridine rings is 1. The number of rotatable bonds is 9. The molecule has 3 rings (SSSR count). The fraction of sp³-hybridized carbons (Fsp3) is 0.333. The highest BCUT2D eigenvalue weighted by atomic mass is 32.2. The van der Waals surface area contributed by atoms with Crippen molar-refractivity contribution in [2.24, 2.45) is 0 Å². The number of hydrogen-bond acceptors (Lipinski definition) is 8. The minimum Gasteiger partial charge on any atom is -0.394 e. The average molecular weight is 499 g/mol. The Labute approximate surface area is 205 Å². The zero-order valence-electron chi connectivity index (χ0n) is 20.1. The smallest absolute Gasteiger partial charge is 0.319 e. The number of sulfone groups is 1. The second-order valence-electron chi connectivity index (χ2n) is 8.71.